The number of nitrogens with zero attached hydrogens (tertiary/aromatic N) is 2. The molecule has 0 bridgehead atoms. The molecule has 3 nitrogen and oxygen atoms in total. The number of aromatic nitrogens is 2. The fourth-order valence-corrected chi connectivity index (χ4v) is 3.10. The summed E-state index contributed by atoms with van der Waals surface area (Å²) in [6.45, 7) is 2.74. The van der Waals surface area contributed by atoms with Gasteiger partial charge in [0.25, 0.3) is 0 Å². The van der Waals surface area contributed by atoms with E-state index in [2.05, 4.69) is 26.3 Å². The zero-order valence-electron chi connectivity index (χ0n) is 11.7. The molecule has 0 fully saturated rings. The summed E-state index contributed by atoms with van der Waals surface area (Å²) in [5.74, 6) is -0.301. The maximum absolute atomic E-state index is 13.2. The highest BCUT2D eigenvalue weighted by Gasteiger charge is 2.10. The van der Waals surface area contributed by atoms with Gasteiger partial charge in [-0.05, 0) is 42.1 Å². The molecule has 1 N–H and O–H groups in total. The Balaban J connectivity index is 1.70. The molecule has 1 unspecified atom stereocenters. The molecule has 0 aliphatic heterocycles. The van der Waals surface area contributed by atoms with Gasteiger partial charge in [-0.1, -0.05) is 0 Å². The Morgan fingerprint density at radius 2 is 2.14 bits per heavy atom. The van der Waals surface area contributed by atoms with Crippen molar-refractivity contribution in [3.05, 3.63) is 71.4 Å². The Bertz CT molecular complexity index is 706. The van der Waals surface area contributed by atoms with Gasteiger partial charge in [0.2, 0.25) is 0 Å². The number of pyridine rings is 1. The summed E-state index contributed by atoms with van der Waals surface area (Å²) in [6.07, 6.45) is 6.99. The van der Waals surface area contributed by atoms with Gasteiger partial charge in [-0.2, -0.15) is 0 Å². The van der Waals surface area contributed by atoms with E-state index >= 15 is 0 Å². The predicted octanol–water partition coefficient (Wildman–Crippen LogP) is 3.92. The lowest BCUT2D eigenvalue weighted by Crippen LogP contribution is -2.18. The fourth-order valence-electron chi connectivity index (χ4n) is 2.20. The molecule has 3 rings (SSSR count). The molecular weight excluding hydrogens is 285 g/mol. The number of thiophene rings is 1. The van der Waals surface area contributed by atoms with E-state index in [1.807, 2.05) is 31.5 Å². The van der Waals surface area contributed by atoms with Crippen LogP contribution in [-0.2, 0) is 6.54 Å². The Hall–Kier alpha value is -1.98. The minimum atomic E-state index is -0.301. The van der Waals surface area contributed by atoms with Gasteiger partial charge in [0.1, 0.15) is 10.8 Å². The van der Waals surface area contributed by atoms with Gasteiger partial charge in [0.15, 0.2) is 0 Å². The van der Waals surface area contributed by atoms with Crippen LogP contribution in [0.3, 0.4) is 0 Å². The van der Waals surface area contributed by atoms with Crippen molar-refractivity contribution in [2.24, 2.45) is 0 Å². The van der Waals surface area contributed by atoms with Crippen molar-refractivity contribution >= 4 is 11.3 Å². The van der Waals surface area contributed by atoms with Gasteiger partial charge in [-0.3, -0.25) is 4.98 Å². The quantitative estimate of drug-likeness (QED) is 0.774. The second kappa shape index (κ2) is 6.20. The summed E-state index contributed by atoms with van der Waals surface area (Å²) in [5, 5.41) is 6.71. The van der Waals surface area contributed by atoms with Crippen LogP contribution in [0.15, 0.2) is 54.4 Å². The first-order valence-electron chi connectivity index (χ1n) is 6.77. The molecule has 0 amide bonds. The molecule has 3 aromatic heterocycles. The van der Waals surface area contributed by atoms with Crippen LogP contribution in [0.1, 0.15) is 24.1 Å². The fraction of sp³-hybridized carbons (Fsp3) is 0.188. The Kier molecular flexibility index (Phi) is 4.13. The van der Waals surface area contributed by atoms with Gasteiger partial charge in [0.05, 0.1) is 6.20 Å². The normalized spacial score (nSPS) is 12.5. The van der Waals surface area contributed by atoms with E-state index in [0.29, 0.717) is 0 Å². The van der Waals surface area contributed by atoms with Crippen LogP contribution >= 0.6 is 11.3 Å². The first-order chi connectivity index (χ1) is 10.2. The number of hydrogen-bond acceptors (Lipinski definition) is 3. The van der Waals surface area contributed by atoms with Crippen LogP contribution in [0.5, 0.6) is 0 Å². The van der Waals surface area contributed by atoms with Crippen LogP contribution < -0.4 is 5.32 Å². The number of rotatable bonds is 5. The van der Waals surface area contributed by atoms with E-state index in [1.165, 1.54) is 22.8 Å². The average molecular weight is 301 g/mol. The van der Waals surface area contributed by atoms with E-state index in [4.69, 9.17) is 0 Å². The van der Waals surface area contributed by atoms with Gasteiger partial charge in [-0.15, -0.1) is 11.3 Å². The van der Waals surface area contributed by atoms with E-state index in [-0.39, 0.29) is 11.9 Å². The molecule has 1 atom stereocenters. The highest BCUT2D eigenvalue weighted by atomic mass is 32.1. The monoisotopic (exact) mass is 301 g/mol. The molecule has 0 aliphatic carbocycles. The zero-order valence-corrected chi connectivity index (χ0v) is 12.5. The van der Waals surface area contributed by atoms with Crippen LogP contribution in [0.2, 0.25) is 0 Å². The summed E-state index contributed by atoms with van der Waals surface area (Å²) in [4.78, 5) is 3.89. The summed E-state index contributed by atoms with van der Waals surface area (Å²) >= 11 is 1.71. The number of hydrogen-bond donors (Lipinski definition) is 1. The first kappa shape index (κ1) is 14.0. The predicted molar refractivity (Wildman–Crippen MR) is 83.1 cm³/mol. The third-order valence-corrected chi connectivity index (χ3v) is 4.36. The third-order valence-electron chi connectivity index (χ3n) is 3.39. The van der Waals surface area contributed by atoms with Crippen LogP contribution in [-0.4, -0.2) is 9.55 Å². The largest absolute Gasteiger partial charge is 0.315 e. The third kappa shape index (κ3) is 3.20. The van der Waals surface area contributed by atoms with Gasteiger partial charge >= 0.3 is 0 Å². The van der Waals surface area contributed by atoms with Crippen molar-refractivity contribution in [3.63, 3.8) is 0 Å². The van der Waals surface area contributed by atoms with Gasteiger partial charge in [-0.25, -0.2) is 4.39 Å². The van der Waals surface area contributed by atoms with E-state index in [9.17, 15) is 4.39 Å². The molecule has 0 aliphatic rings. The minimum Gasteiger partial charge on any atom is -0.315 e. The van der Waals surface area contributed by atoms with Crippen molar-refractivity contribution < 1.29 is 4.39 Å². The average Bonchev–Trinajstić information content (AvgIpc) is 3.15. The molecule has 21 heavy (non-hydrogen) atoms. The summed E-state index contributed by atoms with van der Waals surface area (Å²) < 4.78 is 15.3. The highest BCUT2D eigenvalue weighted by Crippen LogP contribution is 2.23. The lowest BCUT2D eigenvalue weighted by Gasteiger charge is -2.14. The van der Waals surface area contributed by atoms with Crippen molar-refractivity contribution in [3.8, 4) is 5.00 Å². The van der Waals surface area contributed by atoms with Crippen LogP contribution in [0.4, 0.5) is 4.39 Å². The van der Waals surface area contributed by atoms with E-state index in [0.717, 1.165) is 12.1 Å². The highest BCUT2D eigenvalue weighted by molar-refractivity contribution is 7.12. The molecule has 0 spiro atoms. The molecule has 0 saturated carbocycles. The van der Waals surface area contributed by atoms with Crippen molar-refractivity contribution in [2.75, 3.05) is 0 Å². The van der Waals surface area contributed by atoms with Crippen LogP contribution in [0.25, 0.3) is 5.00 Å². The second-order valence-corrected chi connectivity index (χ2v) is 5.77. The van der Waals surface area contributed by atoms with Crippen molar-refractivity contribution in [1.82, 2.24) is 14.9 Å². The van der Waals surface area contributed by atoms with E-state index in [1.54, 1.807) is 17.5 Å². The maximum Gasteiger partial charge on any atom is 0.141 e. The molecule has 0 aromatic carbocycles. The Morgan fingerprint density at radius 1 is 1.33 bits per heavy atom. The smallest absolute Gasteiger partial charge is 0.141 e. The molecule has 5 heteroatoms. The maximum atomic E-state index is 13.2. The Morgan fingerprint density at radius 3 is 2.90 bits per heavy atom. The standard InChI is InChI=1S/C16H16FN3S/c1-12(14-8-15(17)11-18-9-14)19-10-13-4-7-21-16(13)20-5-2-3-6-20/h2-9,11-12,19H,10H2,1H3. The van der Waals surface area contributed by atoms with Crippen LogP contribution in [0, 0.1) is 5.82 Å². The molecule has 0 saturated heterocycles. The molecule has 108 valence electrons. The van der Waals surface area contributed by atoms with Gasteiger partial charge in [0, 0.05) is 36.7 Å². The molecule has 0 radical (unpaired) electrons. The molecular formula is C16H16FN3S. The Labute approximate surface area is 127 Å². The van der Waals surface area contributed by atoms with Gasteiger partial charge < -0.3 is 9.88 Å². The summed E-state index contributed by atoms with van der Waals surface area (Å²) in [7, 11) is 0. The lowest BCUT2D eigenvalue weighted by molar-refractivity contribution is 0.561. The molecule has 3 heterocycles. The number of nitrogens with one attached hydrogen (secondary N) is 1. The van der Waals surface area contributed by atoms with Crippen molar-refractivity contribution in [1.29, 1.82) is 0 Å². The second-order valence-electron chi connectivity index (χ2n) is 4.88. The first-order valence-corrected chi connectivity index (χ1v) is 7.65. The SMILES string of the molecule is CC(NCc1ccsc1-n1cccc1)c1cncc(F)c1. The zero-order chi connectivity index (χ0) is 14.7. The number of halogens is 1. The van der Waals surface area contributed by atoms with Crippen molar-refractivity contribution in [2.45, 2.75) is 19.5 Å². The molecule has 3 aromatic rings. The lowest BCUT2D eigenvalue weighted by atomic mass is 10.1. The minimum absolute atomic E-state index is 0.0469. The summed E-state index contributed by atoms with van der Waals surface area (Å²) in [5.41, 5.74) is 2.08. The van der Waals surface area contributed by atoms with E-state index < -0.39 is 0 Å². The topological polar surface area (TPSA) is 29.9 Å². The summed E-state index contributed by atoms with van der Waals surface area (Å²) in [6, 6.07) is 7.70.